The number of amides is 2. The van der Waals surface area contributed by atoms with Crippen molar-refractivity contribution in [2.24, 2.45) is 0 Å². The number of hydrogen-bond acceptors (Lipinski definition) is 3. The third kappa shape index (κ3) is 5.47. The fraction of sp³-hybridized carbons (Fsp3) is 0.333. The minimum atomic E-state index is -0.562. The lowest BCUT2D eigenvalue weighted by Gasteiger charge is -2.31. The minimum absolute atomic E-state index is 0.00806. The molecular formula is C21H25Cl2N3O2. The number of rotatable bonds is 8. The third-order valence-corrected chi connectivity index (χ3v) is 5.12. The second kappa shape index (κ2) is 10.5. The van der Waals surface area contributed by atoms with Crippen LogP contribution >= 0.6 is 23.2 Å². The molecule has 0 aliphatic heterocycles. The predicted octanol–water partition coefficient (Wildman–Crippen LogP) is 4.47. The van der Waals surface area contributed by atoms with E-state index in [1.54, 1.807) is 35.0 Å². The van der Waals surface area contributed by atoms with Crippen molar-refractivity contribution >= 4 is 40.7 Å². The molecule has 5 nitrogen and oxygen atoms in total. The second-order valence-electron chi connectivity index (χ2n) is 6.38. The molecule has 0 saturated carbocycles. The lowest BCUT2D eigenvalue weighted by molar-refractivity contribution is -0.137. The molecule has 2 rings (SSSR count). The molecule has 0 aliphatic carbocycles. The lowest BCUT2D eigenvalue weighted by Crippen LogP contribution is -2.44. The molecule has 0 unspecified atom stereocenters. The molecule has 7 heteroatoms. The van der Waals surface area contributed by atoms with Crippen LogP contribution in [0.15, 0.2) is 48.5 Å². The molecular weight excluding hydrogens is 397 g/mol. The van der Waals surface area contributed by atoms with Gasteiger partial charge >= 0.3 is 0 Å². The van der Waals surface area contributed by atoms with Gasteiger partial charge < -0.3 is 10.2 Å². The highest BCUT2D eigenvalue weighted by Crippen LogP contribution is 2.30. The zero-order chi connectivity index (χ0) is 20.7. The van der Waals surface area contributed by atoms with Crippen molar-refractivity contribution in [3.05, 3.63) is 64.1 Å². The molecule has 2 aromatic carbocycles. The smallest absolute Gasteiger partial charge is 0.244 e. The Hall–Kier alpha value is -2.08. The van der Waals surface area contributed by atoms with Gasteiger partial charge in [0, 0.05) is 13.1 Å². The van der Waals surface area contributed by atoms with Crippen LogP contribution in [0.4, 0.5) is 5.69 Å². The van der Waals surface area contributed by atoms with Crippen molar-refractivity contribution in [3.8, 4) is 0 Å². The topological polar surface area (TPSA) is 52.7 Å². The predicted molar refractivity (Wildman–Crippen MR) is 115 cm³/mol. The summed E-state index contributed by atoms with van der Waals surface area (Å²) in [5, 5.41) is 3.47. The van der Waals surface area contributed by atoms with Gasteiger partial charge in [0.1, 0.15) is 6.04 Å². The van der Waals surface area contributed by atoms with Gasteiger partial charge in [-0.25, -0.2) is 0 Å². The Morgan fingerprint density at radius 2 is 1.54 bits per heavy atom. The number of carbonyl (C=O) groups excluding carboxylic acids is 2. The van der Waals surface area contributed by atoms with Crippen LogP contribution in [0.3, 0.4) is 0 Å². The molecule has 150 valence electrons. The molecule has 0 spiro atoms. The summed E-state index contributed by atoms with van der Waals surface area (Å²) in [6.07, 6.45) is 0. The van der Waals surface area contributed by atoms with E-state index < -0.39 is 6.04 Å². The van der Waals surface area contributed by atoms with Gasteiger partial charge in [-0.05, 0) is 38.6 Å². The average Bonchev–Trinajstić information content (AvgIpc) is 2.67. The van der Waals surface area contributed by atoms with Crippen molar-refractivity contribution in [1.29, 1.82) is 0 Å². The standard InChI is InChI=1S/C21H25Cl2N3O2/c1-4-26(5-2)21(28)20(15-10-7-6-8-11-15)25(3)14-18(27)24-19-16(22)12-9-13-17(19)23/h6-13,20H,4-5,14H2,1-3H3,(H,24,27)/t20-/m1/s1. The summed E-state index contributed by atoms with van der Waals surface area (Å²) in [6.45, 7) is 5.10. The quantitative estimate of drug-likeness (QED) is 0.683. The minimum Gasteiger partial charge on any atom is -0.342 e. The Balaban J connectivity index is 2.21. The number of benzene rings is 2. The third-order valence-electron chi connectivity index (χ3n) is 4.49. The lowest BCUT2D eigenvalue weighted by atomic mass is 10.0. The van der Waals surface area contributed by atoms with E-state index in [1.807, 2.05) is 44.2 Å². The number of nitrogens with one attached hydrogen (secondary N) is 1. The second-order valence-corrected chi connectivity index (χ2v) is 7.20. The fourth-order valence-electron chi connectivity index (χ4n) is 3.04. The van der Waals surface area contributed by atoms with Crippen molar-refractivity contribution in [1.82, 2.24) is 9.80 Å². The maximum Gasteiger partial charge on any atom is 0.244 e. The highest BCUT2D eigenvalue weighted by atomic mass is 35.5. The van der Waals surface area contributed by atoms with Crippen molar-refractivity contribution in [3.63, 3.8) is 0 Å². The van der Waals surface area contributed by atoms with E-state index in [4.69, 9.17) is 23.2 Å². The van der Waals surface area contributed by atoms with Gasteiger partial charge in [0.15, 0.2) is 0 Å². The van der Waals surface area contributed by atoms with Gasteiger partial charge in [-0.2, -0.15) is 0 Å². The van der Waals surface area contributed by atoms with Gasteiger partial charge in [0.2, 0.25) is 11.8 Å². The molecule has 1 atom stereocenters. The summed E-state index contributed by atoms with van der Waals surface area (Å²) in [7, 11) is 1.76. The number of carbonyl (C=O) groups is 2. The number of halogens is 2. The molecule has 0 heterocycles. The van der Waals surface area contributed by atoms with Gasteiger partial charge in [0.25, 0.3) is 0 Å². The molecule has 1 N–H and O–H groups in total. The van der Waals surface area contributed by atoms with Crippen LogP contribution in [0.1, 0.15) is 25.5 Å². The largest absolute Gasteiger partial charge is 0.342 e. The van der Waals surface area contributed by atoms with Crippen molar-refractivity contribution in [2.75, 3.05) is 32.0 Å². The zero-order valence-corrected chi connectivity index (χ0v) is 17.8. The SMILES string of the molecule is CCN(CC)C(=O)[C@@H](c1ccccc1)N(C)CC(=O)Nc1c(Cl)cccc1Cl. The summed E-state index contributed by atoms with van der Waals surface area (Å²) >= 11 is 12.2. The summed E-state index contributed by atoms with van der Waals surface area (Å²) in [4.78, 5) is 29.2. The molecule has 28 heavy (non-hydrogen) atoms. The first kappa shape index (κ1) is 22.2. The Bertz CT molecular complexity index is 790. The summed E-state index contributed by atoms with van der Waals surface area (Å²) in [5.74, 6) is -0.340. The Labute approximate surface area is 176 Å². The highest BCUT2D eigenvalue weighted by Gasteiger charge is 2.29. The van der Waals surface area contributed by atoms with Crippen LogP contribution in [-0.4, -0.2) is 48.3 Å². The summed E-state index contributed by atoms with van der Waals surface area (Å²) < 4.78 is 0. The van der Waals surface area contributed by atoms with E-state index in [1.165, 1.54) is 0 Å². The van der Waals surface area contributed by atoms with Crippen LogP contribution in [0.5, 0.6) is 0 Å². The number of likely N-dealkylation sites (N-methyl/N-ethyl adjacent to an activating group) is 2. The number of hydrogen-bond donors (Lipinski definition) is 1. The molecule has 2 aromatic rings. The normalized spacial score (nSPS) is 11.9. The van der Waals surface area contributed by atoms with Gasteiger partial charge in [-0.3, -0.25) is 14.5 Å². The van der Waals surface area contributed by atoms with Crippen molar-refractivity contribution in [2.45, 2.75) is 19.9 Å². The van der Waals surface area contributed by atoms with E-state index >= 15 is 0 Å². The molecule has 0 saturated heterocycles. The maximum absolute atomic E-state index is 13.1. The molecule has 2 amide bonds. The van der Waals surface area contributed by atoms with E-state index in [0.29, 0.717) is 28.8 Å². The highest BCUT2D eigenvalue weighted by molar-refractivity contribution is 6.39. The monoisotopic (exact) mass is 421 g/mol. The molecule has 0 aromatic heterocycles. The first-order valence-electron chi connectivity index (χ1n) is 9.16. The fourth-order valence-corrected chi connectivity index (χ4v) is 3.54. The molecule has 0 radical (unpaired) electrons. The Morgan fingerprint density at radius 3 is 2.07 bits per heavy atom. The van der Waals surface area contributed by atoms with Crippen LogP contribution < -0.4 is 5.32 Å². The summed E-state index contributed by atoms with van der Waals surface area (Å²) in [6, 6.07) is 13.9. The molecule has 0 bridgehead atoms. The average molecular weight is 422 g/mol. The number of anilines is 1. The van der Waals surface area contributed by atoms with E-state index in [2.05, 4.69) is 5.32 Å². The van der Waals surface area contributed by atoms with E-state index in [0.717, 1.165) is 5.56 Å². The van der Waals surface area contributed by atoms with E-state index in [9.17, 15) is 9.59 Å². The Kier molecular flexibility index (Phi) is 8.30. The molecule has 0 fully saturated rings. The number of nitrogens with zero attached hydrogens (tertiary/aromatic N) is 2. The van der Waals surface area contributed by atoms with Gasteiger partial charge in [-0.1, -0.05) is 59.6 Å². The number of para-hydroxylation sites is 1. The van der Waals surface area contributed by atoms with Crippen LogP contribution in [0, 0.1) is 0 Å². The first-order chi connectivity index (χ1) is 13.4. The van der Waals surface area contributed by atoms with Gasteiger partial charge in [-0.15, -0.1) is 0 Å². The van der Waals surface area contributed by atoms with Crippen LogP contribution in [-0.2, 0) is 9.59 Å². The molecule has 0 aliphatic rings. The van der Waals surface area contributed by atoms with E-state index in [-0.39, 0.29) is 18.4 Å². The van der Waals surface area contributed by atoms with Crippen LogP contribution in [0.2, 0.25) is 10.0 Å². The van der Waals surface area contributed by atoms with Gasteiger partial charge in [0.05, 0.1) is 22.3 Å². The Morgan fingerprint density at radius 1 is 0.964 bits per heavy atom. The van der Waals surface area contributed by atoms with Crippen LogP contribution in [0.25, 0.3) is 0 Å². The zero-order valence-electron chi connectivity index (χ0n) is 16.3. The summed E-state index contributed by atoms with van der Waals surface area (Å²) in [5.41, 5.74) is 1.21. The first-order valence-corrected chi connectivity index (χ1v) is 9.92. The van der Waals surface area contributed by atoms with Crippen molar-refractivity contribution < 1.29 is 9.59 Å². The maximum atomic E-state index is 13.1.